The van der Waals surface area contributed by atoms with Crippen LogP contribution in [0.3, 0.4) is 0 Å². The average Bonchev–Trinajstić information content (AvgIpc) is 3.04. The summed E-state index contributed by atoms with van der Waals surface area (Å²) in [6.45, 7) is 6.13. The number of carbonyl (C=O) groups excluding carboxylic acids is 1. The van der Waals surface area contributed by atoms with E-state index in [-0.39, 0.29) is 11.9 Å². The third-order valence-corrected chi connectivity index (χ3v) is 3.08. The molecule has 0 saturated heterocycles. The van der Waals surface area contributed by atoms with Crippen LogP contribution in [0.5, 0.6) is 0 Å². The topological polar surface area (TPSA) is 60.1 Å². The lowest BCUT2D eigenvalue weighted by atomic mass is 10.2. The Kier molecular flexibility index (Phi) is 4.61. The summed E-state index contributed by atoms with van der Waals surface area (Å²) in [5.41, 5.74) is 0.734. The van der Waals surface area contributed by atoms with Crippen LogP contribution in [0.15, 0.2) is 28.9 Å². The van der Waals surface area contributed by atoms with Crippen LogP contribution in [0, 0.1) is 0 Å². The molecule has 0 saturated carbocycles. The Hall–Kier alpha value is -2.04. The van der Waals surface area contributed by atoms with Crippen LogP contribution in [0.4, 0.5) is 5.69 Å². The molecule has 2 aromatic heterocycles. The number of aromatic nitrogens is 2. The molecular weight excluding hydrogens is 254 g/mol. The largest absolute Gasteiger partial charge is 0.466 e. The number of carbonyl (C=O) groups is 1. The first-order valence-corrected chi connectivity index (χ1v) is 7.00. The molecular formula is C15H21N3O2. The SMILES string of the molecule is CCc1ccc(CCC(=O)Nc2cnn(C(C)C)c2)o1. The lowest BCUT2D eigenvalue weighted by Gasteiger charge is -2.04. The van der Waals surface area contributed by atoms with Crippen molar-refractivity contribution in [2.75, 3.05) is 5.32 Å². The maximum atomic E-state index is 11.9. The number of nitrogens with zero attached hydrogens (tertiary/aromatic N) is 2. The van der Waals surface area contributed by atoms with Crippen LogP contribution in [-0.2, 0) is 17.6 Å². The molecule has 0 unspecified atom stereocenters. The number of aryl methyl sites for hydroxylation is 2. The van der Waals surface area contributed by atoms with Gasteiger partial charge in [-0.15, -0.1) is 0 Å². The van der Waals surface area contributed by atoms with Crippen molar-refractivity contribution in [1.82, 2.24) is 9.78 Å². The molecule has 0 aliphatic rings. The number of hydrogen-bond acceptors (Lipinski definition) is 3. The van der Waals surface area contributed by atoms with E-state index in [9.17, 15) is 4.79 Å². The van der Waals surface area contributed by atoms with Crippen LogP contribution in [0.1, 0.15) is 44.8 Å². The van der Waals surface area contributed by atoms with Crippen LogP contribution in [-0.4, -0.2) is 15.7 Å². The van der Waals surface area contributed by atoms with Gasteiger partial charge >= 0.3 is 0 Å². The summed E-state index contributed by atoms with van der Waals surface area (Å²) in [4.78, 5) is 11.9. The van der Waals surface area contributed by atoms with E-state index in [2.05, 4.69) is 10.4 Å². The van der Waals surface area contributed by atoms with Crippen molar-refractivity contribution in [1.29, 1.82) is 0 Å². The number of hydrogen-bond donors (Lipinski definition) is 1. The minimum absolute atomic E-state index is 0.0252. The van der Waals surface area contributed by atoms with E-state index in [0.717, 1.165) is 23.6 Å². The zero-order chi connectivity index (χ0) is 14.5. The molecule has 0 aromatic carbocycles. The highest BCUT2D eigenvalue weighted by molar-refractivity contribution is 5.90. The van der Waals surface area contributed by atoms with Gasteiger partial charge in [0.2, 0.25) is 5.91 Å². The summed E-state index contributed by atoms with van der Waals surface area (Å²) in [7, 11) is 0. The Labute approximate surface area is 119 Å². The highest BCUT2D eigenvalue weighted by Gasteiger charge is 2.08. The second-order valence-corrected chi connectivity index (χ2v) is 5.07. The maximum absolute atomic E-state index is 11.9. The number of furan rings is 1. The predicted octanol–water partition coefficient (Wildman–Crippen LogP) is 3.19. The lowest BCUT2D eigenvalue weighted by molar-refractivity contribution is -0.116. The Morgan fingerprint density at radius 3 is 2.75 bits per heavy atom. The minimum Gasteiger partial charge on any atom is -0.466 e. The van der Waals surface area contributed by atoms with Crippen LogP contribution in [0.2, 0.25) is 0 Å². The Morgan fingerprint density at radius 2 is 2.15 bits per heavy atom. The average molecular weight is 275 g/mol. The highest BCUT2D eigenvalue weighted by atomic mass is 16.3. The standard InChI is InChI=1S/C15H21N3O2/c1-4-13-5-6-14(20-13)7-8-15(19)17-12-9-16-18(10-12)11(2)3/h5-6,9-11H,4,7-8H2,1-3H3,(H,17,19). The molecule has 0 atom stereocenters. The minimum atomic E-state index is -0.0252. The first-order chi connectivity index (χ1) is 9.58. The van der Waals surface area contributed by atoms with Crippen molar-refractivity contribution >= 4 is 11.6 Å². The predicted molar refractivity (Wildman–Crippen MR) is 77.6 cm³/mol. The monoisotopic (exact) mass is 275 g/mol. The van der Waals surface area contributed by atoms with Gasteiger partial charge in [-0.25, -0.2) is 0 Å². The van der Waals surface area contributed by atoms with Crippen LogP contribution >= 0.6 is 0 Å². The summed E-state index contributed by atoms with van der Waals surface area (Å²) in [6, 6.07) is 4.18. The van der Waals surface area contributed by atoms with Crippen LogP contribution in [0.25, 0.3) is 0 Å². The summed E-state index contributed by atoms with van der Waals surface area (Å²) < 4.78 is 7.39. The smallest absolute Gasteiger partial charge is 0.224 e. The van der Waals surface area contributed by atoms with E-state index in [1.165, 1.54) is 0 Å². The van der Waals surface area contributed by atoms with E-state index < -0.39 is 0 Å². The molecule has 0 spiro atoms. The van der Waals surface area contributed by atoms with Crippen LogP contribution < -0.4 is 5.32 Å². The van der Waals surface area contributed by atoms with Crippen molar-refractivity contribution in [2.45, 2.75) is 46.1 Å². The fourth-order valence-corrected chi connectivity index (χ4v) is 1.89. The van der Waals surface area contributed by atoms with Gasteiger partial charge in [-0.2, -0.15) is 5.10 Å². The first-order valence-electron chi connectivity index (χ1n) is 7.00. The zero-order valence-corrected chi connectivity index (χ0v) is 12.2. The molecule has 0 aliphatic heterocycles. The molecule has 0 fully saturated rings. The third-order valence-electron chi connectivity index (χ3n) is 3.08. The molecule has 2 rings (SSSR count). The highest BCUT2D eigenvalue weighted by Crippen LogP contribution is 2.13. The van der Waals surface area contributed by atoms with Gasteiger partial charge in [0.1, 0.15) is 11.5 Å². The molecule has 1 amide bonds. The van der Waals surface area contributed by atoms with Gasteiger partial charge in [-0.3, -0.25) is 9.48 Å². The van der Waals surface area contributed by atoms with Crippen molar-refractivity contribution in [3.63, 3.8) is 0 Å². The molecule has 0 radical (unpaired) electrons. The van der Waals surface area contributed by atoms with Crippen molar-refractivity contribution < 1.29 is 9.21 Å². The Morgan fingerprint density at radius 1 is 1.40 bits per heavy atom. The van der Waals surface area contributed by atoms with Gasteiger partial charge in [0, 0.05) is 31.5 Å². The van der Waals surface area contributed by atoms with Gasteiger partial charge < -0.3 is 9.73 Å². The molecule has 0 aliphatic carbocycles. The normalized spacial score (nSPS) is 11.0. The maximum Gasteiger partial charge on any atom is 0.224 e. The lowest BCUT2D eigenvalue weighted by Crippen LogP contribution is -2.11. The number of amides is 1. The van der Waals surface area contributed by atoms with Crippen molar-refractivity contribution in [3.8, 4) is 0 Å². The van der Waals surface area contributed by atoms with E-state index in [4.69, 9.17) is 4.42 Å². The van der Waals surface area contributed by atoms with Gasteiger partial charge in [0.05, 0.1) is 11.9 Å². The molecule has 5 heteroatoms. The molecule has 0 bridgehead atoms. The summed E-state index contributed by atoms with van der Waals surface area (Å²) >= 11 is 0. The van der Waals surface area contributed by atoms with E-state index in [1.54, 1.807) is 6.20 Å². The van der Waals surface area contributed by atoms with Crippen molar-refractivity contribution in [3.05, 3.63) is 36.0 Å². The van der Waals surface area contributed by atoms with E-state index in [1.807, 2.05) is 43.8 Å². The van der Waals surface area contributed by atoms with Crippen molar-refractivity contribution in [2.24, 2.45) is 0 Å². The molecule has 5 nitrogen and oxygen atoms in total. The summed E-state index contributed by atoms with van der Waals surface area (Å²) in [6.07, 6.45) is 5.40. The second kappa shape index (κ2) is 6.41. The van der Waals surface area contributed by atoms with Gasteiger partial charge in [-0.1, -0.05) is 6.92 Å². The van der Waals surface area contributed by atoms with E-state index in [0.29, 0.717) is 12.8 Å². The van der Waals surface area contributed by atoms with Gasteiger partial charge in [0.15, 0.2) is 0 Å². The molecule has 1 N–H and O–H groups in total. The molecule has 2 aromatic rings. The fourth-order valence-electron chi connectivity index (χ4n) is 1.89. The number of anilines is 1. The number of nitrogens with one attached hydrogen (secondary N) is 1. The fraction of sp³-hybridized carbons (Fsp3) is 0.467. The summed E-state index contributed by atoms with van der Waals surface area (Å²) in [5.74, 6) is 1.79. The molecule has 20 heavy (non-hydrogen) atoms. The second-order valence-electron chi connectivity index (χ2n) is 5.07. The Bertz CT molecular complexity index is 569. The van der Waals surface area contributed by atoms with E-state index >= 15 is 0 Å². The molecule has 108 valence electrons. The molecule has 2 heterocycles. The first kappa shape index (κ1) is 14.4. The van der Waals surface area contributed by atoms with Gasteiger partial charge in [-0.05, 0) is 26.0 Å². The third kappa shape index (κ3) is 3.73. The quantitative estimate of drug-likeness (QED) is 0.880. The number of rotatable bonds is 6. The summed E-state index contributed by atoms with van der Waals surface area (Å²) in [5, 5.41) is 7.03. The Balaban J connectivity index is 1.82. The zero-order valence-electron chi connectivity index (χ0n) is 12.2. The van der Waals surface area contributed by atoms with Gasteiger partial charge in [0.25, 0.3) is 0 Å².